The molecule has 2 rings (SSSR count). The van der Waals surface area contributed by atoms with Crippen LogP contribution in [-0.2, 0) is 21.7 Å². The van der Waals surface area contributed by atoms with Crippen molar-refractivity contribution in [1.82, 2.24) is 0 Å². The summed E-state index contributed by atoms with van der Waals surface area (Å²) in [6.07, 6.45) is 20.9. The molecule has 0 saturated heterocycles. The Hall–Kier alpha value is 0.604. The van der Waals surface area contributed by atoms with Crippen LogP contribution in [0.4, 0.5) is 0 Å². The molecule has 0 aliphatic heterocycles. The maximum absolute atomic E-state index is 3.53. The van der Waals surface area contributed by atoms with E-state index in [0.29, 0.717) is 0 Å². The van der Waals surface area contributed by atoms with Gasteiger partial charge in [0.15, 0.2) is 0 Å². The van der Waals surface area contributed by atoms with E-state index in [2.05, 4.69) is 75.9 Å². The van der Waals surface area contributed by atoms with E-state index in [1.54, 1.807) is 5.57 Å². The first-order valence-electron chi connectivity index (χ1n) is 8.26. The number of halogens is 2. The molecular formula is C20H29Cl2STi. The van der Waals surface area contributed by atoms with Crippen LogP contribution in [0.25, 0.3) is 0 Å². The Morgan fingerprint density at radius 3 is 2.46 bits per heavy atom. The first-order valence-corrected chi connectivity index (χ1v) is 9.24. The fraction of sp³-hybridized carbons (Fsp3) is 0.600. The number of thioether (sulfide) groups is 1. The molecule has 0 heterocycles. The molecule has 24 heavy (non-hydrogen) atoms. The quantitative estimate of drug-likeness (QED) is 0.338. The van der Waals surface area contributed by atoms with E-state index in [0.717, 1.165) is 19.3 Å². The summed E-state index contributed by atoms with van der Waals surface area (Å²) in [5.41, 5.74) is 3.24. The zero-order valence-electron chi connectivity index (χ0n) is 15.3. The second-order valence-corrected chi connectivity index (χ2v) is 8.62. The smallest absolute Gasteiger partial charge is 1.00 e. The van der Waals surface area contributed by atoms with Crippen molar-refractivity contribution in [3.63, 3.8) is 0 Å². The molecule has 0 aromatic heterocycles. The van der Waals surface area contributed by atoms with Crippen LogP contribution in [0.15, 0.2) is 41.5 Å². The summed E-state index contributed by atoms with van der Waals surface area (Å²) in [6, 6.07) is 0. The van der Waals surface area contributed by atoms with Crippen LogP contribution in [0.3, 0.4) is 0 Å². The Morgan fingerprint density at radius 2 is 1.92 bits per heavy atom. The van der Waals surface area contributed by atoms with Gasteiger partial charge in [-0.05, 0) is 36.0 Å². The molecule has 0 spiro atoms. The topological polar surface area (TPSA) is 0 Å². The zero-order valence-corrected chi connectivity index (χ0v) is 19.2. The molecule has 0 fully saturated rings. The summed E-state index contributed by atoms with van der Waals surface area (Å²) in [7, 11) is 0. The minimum atomic E-state index is 0. The van der Waals surface area contributed by atoms with Crippen molar-refractivity contribution >= 4 is 11.8 Å². The summed E-state index contributed by atoms with van der Waals surface area (Å²) in [5, 5.41) is 0. The largest absolute Gasteiger partial charge is 3.00 e. The van der Waals surface area contributed by atoms with Crippen molar-refractivity contribution in [3.8, 4) is 0 Å². The molecule has 0 nitrogen and oxygen atoms in total. The van der Waals surface area contributed by atoms with Crippen LogP contribution in [0.5, 0.6) is 0 Å². The average molecular weight is 420 g/mol. The Labute approximate surface area is 180 Å². The van der Waals surface area contributed by atoms with Gasteiger partial charge in [0.2, 0.25) is 0 Å². The Kier molecular flexibility index (Phi) is 13.5. The molecule has 2 aliphatic rings. The van der Waals surface area contributed by atoms with Crippen molar-refractivity contribution in [2.75, 3.05) is 5.75 Å². The summed E-state index contributed by atoms with van der Waals surface area (Å²) in [4.78, 5) is 0. The molecule has 2 aliphatic carbocycles. The molecule has 0 aromatic rings. The third-order valence-electron chi connectivity index (χ3n) is 4.26. The van der Waals surface area contributed by atoms with Crippen LogP contribution < -0.4 is 24.8 Å². The van der Waals surface area contributed by atoms with Gasteiger partial charge in [-0.1, -0.05) is 52.3 Å². The molecule has 0 saturated carbocycles. The molecule has 1 atom stereocenters. The fourth-order valence-electron chi connectivity index (χ4n) is 3.26. The molecule has 4 heteroatoms. The van der Waals surface area contributed by atoms with Gasteiger partial charge in [-0.3, -0.25) is 6.08 Å². The van der Waals surface area contributed by atoms with Gasteiger partial charge in [-0.15, -0.1) is 6.42 Å². The molecular weight excluding hydrogens is 391 g/mol. The van der Waals surface area contributed by atoms with E-state index >= 15 is 0 Å². The monoisotopic (exact) mass is 419 g/mol. The van der Waals surface area contributed by atoms with Gasteiger partial charge < -0.3 is 24.8 Å². The normalized spacial score (nSPS) is 22.0. The van der Waals surface area contributed by atoms with Gasteiger partial charge in [0.1, 0.15) is 0 Å². The maximum Gasteiger partial charge on any atom is 3.00 e. The Bertz CT molecular complexity index is 486. The third kappa shape index (κ3) is 7.08. The van der Waals surface area contributed by atoms with Gasteiger partial charge in [-0.2, -0.15) is 17.8 Å². The number of allylic oxidation sites excluding steroid dienone is 7. The van der Waals surface area contributed by atoms with Crippen molar-refractivity contribution in [2.24, 2.45) is 5.41 Å². The summed E-state index contributed by atoms with van der Waals surface area (Å²) in [5.74, 6) is 1.26. The van der Waals surface area contributed by atoms with E-state index in [4.69, 9.17) is 0 Å². The zero-order chi connectivity index (χ0) is 15.3. The average Bonchev–Trinajstić information content (AvgIpc) is 2.91. The molecule has 0 bridgehead atoms. The number of hydrogen-bond donors (Lipinski definition) is 0. The number of hydrogen-bond acceptors (Lipinski definition) is 1. The summed E-state index contributed by atoms with van der Waals surface area (Å²) >= 11 is 2.18. The van der Waals surface area contributed by atoms with Gasteiger partial charge in [0.05, 0.1) is 0 Å². The predicted octanol–water partition coefficient (Wildman–Crippen LogP) is 0.276. The van der Waals surface area contributed by atoms with E-state index in [9.17, 15) is 0 Å². The van der Waals surface area contributed by atoms with E-state index in [1.165, 1.54) is 24.2 Å². The Balaban J connectivity index is 0. The fourth-order valence-corrected chi connectivity index (χ4v) is 5.09. The van der Waals surface area contributed by atoms with Crippen molar-refractivity contribution in [2.45, 2.75) is 64.5 Å². The van der Waals surface area contributed by atoms with E-state index < -0.39 is 0 Å². The second-order valence-electron chi connectivity index (χ2n) is 7.14. The molecule has 0 aromatic carbocycles. The molecule has 1 unspecified atom stereocenters. The van der Waals surface area contributed by atoms with Gasteiger partial charge in [0, 0.05) is 4.75 Å². The maximum atomic E-state index is 3.53. The number of rotatable bonds is 6. The van der Waals surface area contributed by atoms with Crippen molar-refractivity contribution in [1.29, 1.82) is 0 Å². The minimum absolute atomic E-state index is 0. The van der Waals surface area contributed by atoms with Crippen molar-refractivity contribution < 1.29 is 46.5 Å². The molecule has 133 valence electrons. The first kappa shape index (κ1) is 26.8. The third-order valence-corrected chi connectivity index (χ3v) is 5.84. The molecule has 1 radical (unpaired) electrons. The SMILES string of the molecule is CCCCSC1(CC2=[C-]CC=C2)CC=CC=C1C(C)(C)C.[Cl-].[Cl-].[Ti+3]. The van der Waals surface area contributed by atoms with Crippen LogP contribution >= 0.6 is 11.8 Å². The predicted molar refractivity (Wildman–Crippen MR) is 96.5 cm³/mol. The molecule has 0 N–H and O–H groups in total. The second kappa shape index (κ2) is 12.1. The number of unbranched alkanes of at least 4 members (excludes halogenated alkanes) is 1. The molecule has 0 amide bonds. The van der Waals surface area contributed by atoms with Crippen LogP contribution in [0.1, 0.15) is 59.8 Å². The Morgan fingerprint density at radius 1 is 1.21 bits per heavy atom. The van der Waals surface area contributed by atoms with E-state index in [1.807, 2.05) is 0 Å². The first-order chi connectivity index (χ1) is 9.98. The standard InChI is InChI=1S/C20H29S.2ClH.Ti/c1-5-6-15-21-20(16-17-11-7-8-12-17)14-10-9-13-18(20)19(2,3)4;;;/h7,9-11,13H,5-6,8,14-16H2,1-4H3;2*1H;/q-1;;;+3/p-2. The van der Waals surface area contributed by atoms with Crippen LogP contribution in [-0.4, -0.2) is 10.5 Å². The summed E-state index contributed by atoms with van der Waals surface area (Å²) in [6.45, 7) is 9.35. The van der Waals surface area contributed by atoms with Crippen LogP contribution in [0, 0.1) is 11.5 Å². The van der Waals surface area contributed by atoms with Gasteiger partial charge >= 0.3 is 21.7 Å². The van der Waals surface area contributed by atoms with Crippen LogP contribution in [0.2, 0.25) is 0 Å². The minimum Gasteiger partial charge on any atom is -1.00 e. The van der Waals surface area contributed by atoms with Crippen molar-refractivity contribution in [3.05, 3.63) is 47.6 Å². The van der Waals surface area contributed by atoms with Gasteiger partial charge in [0.25, 0.3) is 0 Å². The summed E-state index contributed by atoms with van der Waals surface area (Å²) < 4.78 is 0.235. The van der Waals surface area contributed by atoms with E-state index in [-0.39, 0.29) is 56.7 Å². The van der Waals surface area contributed by atoms with Gasteiger partial charge in [-0.25, -0.2) is 11.6 Å².